The van der Waals surface area contributed by atoms with Gasteiger partial charge in [-0.25, -0.2) is 9.59 Å². The van der Waals surface area contributed by atoms with Crippen molar-refractivity contribution in [2.45, 2.75) is 6.10 Å². The number of hydrogen-bond donors (Lipinski definition) is 1. The van der Waals surface area contributed by atoms with Crippen LogP contribution in [0.15, 0.2) is 12.3 Å². The topological polar surface area (TPSA) is 87.9 Å². The Kier molecular flexibility index (Phi) is 6.13. The lowest BCUT2D eigenvalue weighted by Crippen LogP contribution is -2.31. The number of methoxy groups -OCH3 is 2. The first-order chi connectivity index (χ1) is 6.65. The second-order valence-corrected chi connectivity index (χ2v) is 2.21. The van der Waals surface area contributed by atoms with Crippen LogP contribution in [0.4, 0.5) is 0 Å². The van der Waals surface area contributed by atoms with Gasteiger partial charge in [0.15, 0.2) is 0 Å². The minimum atomic E-state index is -0.902. The molecule has 0 radical (unpaired) electrons. The van der Waals surface area contributed by atoms with Crippen molar-refractivity contribution in [2.24, 2.45) is 5.73 Å². The molecule has 0 aliphatic carbocycles. The van der Waals surface area contributed by atoms with Crippen molar-refractivity contribution in [3.8, 4) is 0 Å². The van der Waals surface area contributed by atoms with E-state index in [1.807, 2.05) is 0 Å². The van der Waals surface area contributed by atoms with Gasteiger partial charge in [-0.15, -0.1) is 0 Å². The summed E-state index contributed by atoms with van der Waals surface area (Å²) < 4.78 is 13.5. The normalized spacial score (nSPS) is 12.2. The van der Waals surface area contributed by atoms with E-state index in [0.29, 0.717) is 0 Å². The molecule has 6 heteroatoms. The fourth-order valence-electron chi connectivity index (χ4n) is 0.597. The number of nitrogens with two attached hydrogens (primary N) is 1. The molecule has 0 aromatic carbocycles. The molecule has 0 aromatic rings. The predicted octanol–water partition coefficient (Wildman–Crippen LogP) is -0.810. The van der Waals surface area contributed by atoms with E-state index in [4.69, 9.17) is 10.5 Å². The van der Waals surface area contributed by atoms with Gasteiger partial charge in [0, 0.05) is 6.54 Å². The maximum Gasteiger partial charge on any atom is 0.348 e. The average Bonchev–Trinajstić information content (AvgIpc) is 2.22. The van der Waals surface area contributed by atoms with Crippen LogP contribution in [0.2, 0.25) is 0 Å². The smallest absolute Gasteiger partial charge is 0.348 e. The zero-order valence-corrected chi connectivity index (χ0v) is 8.06. The van der Waals surface area contributed by atoms with Crippen LogP contribution in [-0.2, 0) is 23.8 Å². The maximum atomic E-state index is 10.9. The fourth-order valence-corrected chi connectivity index (χ4v) is 0.597. The summed E-state index contributed by atoms with van der Waals surface area (Å²) in [4.78, 5) is 21.5. The molecule has 14 heavy (non-hydrogen) atoms. The number of ether oxygens (including phenoxy) is 3. The summed E-state index contributed by atoms with van der Waals surface area (Å²) in [5.41, 5.74) is 5.22. The minimum absolute atomic E-state index is 0.0296. The molecule has 0 saturated heterocycles. The van der Waals surface area contributed by atoms with Gasteiger partial charge >= 0.3 is 11.9 Å². The highest BCUT2D eigenvalue weighted by Crippen LogP contribution is 1.94. The largest absolute Gasteiger partial charge is 0.485 e. The van der Waals surface area contributed by atoms with E-state index in [0.717, 1.165) is 12.3 Å². The summed E-state index contributed by atoms with van der Waals surface area (Å²) in [6.07, 6.45) is 1.17. The highest BCUT2D eigenvalue weighted by Gasteiger charge is 2.16. The van der Waals surface area contributed by atoms with Gasteiger partial charge < -0.3 is 19.9 Å². The highest BCUT2D eigenvalue weighted by molar-refractivity contribution is 5.81. The molecule has 0 bridgehead atoms. The summed E-state index contributed by atoms with van der Waals surface area (Å²) in [6.45, 7) is -0.0296. The average molecular weight is 203 g/mol. The van der Waals surface area contributed by atoms with Crippen LogP contribution in [0.25, 0.3) is 0 Å². The van der Waals surface area contributed by atoms with Crippen molar-refractivity contribution < 1.29 is 23.8 Å². The molecule has 0 saturated carbocycles. The quantitative estimate of drug-likeness (QED) is 0.357. The molecule has 0 fully saturated rings. The van der Waals surface area contributed by atoms with Gasteiger partial charge in [-0.1, -0.05) is 0 Å². The van der Waals surface area contributed by atoms with Gasteiger partial charge in [-0.05, 0) is 0 Å². The van der Waals surface area contributed by atoms with Crippen LogP contribution in [0.1, 0.15) is 0 Å². The van der Waals surface area contributed by atoms with Crippen molar-refractivity contribution in [2.75, 3.05) is 20.8 Å². The predicted molar refractivity (Wildman–Crippen MR) is 47.1 cm³/mol. The standard InChI is InChI=1S/C8H13NO5/c1-12-7(10)3-4-14-6(5-9)8(11)13-2/h3-4,6H,5,9H2,1-2H3/b4-3+/t6-/m0/s1. The van der Waals surface area contributed by atoms with Gasteiger partial charge in [-0.3, -0.25) is 0 Å². The molecule has 0 amide bonds. The monoisotopic (exact) mass is 203 g/mol. The first-order valence-corrected chi connectivity index (χ1v) is 3.83. The van der Waals surface area contributed by atoms with Crippen molar-refractivity contribution in [3.63, 3.8) is 0 Å². The van der Waals surface area contributed by atoms with Crippen LogP contribution >= 0.6 is 0 Å². The molecular weight excluding hydrogens is 190 g/mol. The third-order valence-corrected chi connectivity index (χ3v) is 1.33. The van der Waals surface area contributed by atoms with Gasteiger partial charge in [0.1, 0.15) is 0 Å². The molecule has 0 aromatic heterocycles. The van der Waals surface area contributed by atoms with E-state index in [1.54, 1.807) is 0 Å². The third-order valence-electron chi connectivity index (χ3n) is 1.33. The summed E-state index contributed by atoms with van der Waals surface area (Å²) in [5, 5.41) is 0. The lowest BCUT2D eigenvalue weighted by Gasteiger charge is -2.10. The summed E-state index contributed by atoms with van der Waals surface area (Å²) in [6, 6.07) is 0. The Balaban J connectivity index is 4.01. The van der Waals surface area contributed by atoms with Gasteiger partial charge in [0.05, 0.1) is 26.6 Å². The first-order valence-electron chi connectivity index (χ1n) is 3.83. The molecule has 0 spiro atoms. The number of esters is 2. The van der Waals surface area contributed by atoms with Gasteiger partial charge in [0.2, 0.25) is 6.10 Å². The molecule has 2 N–H and O–H groups in total. The lowest BCUT2D eigenvalue weighted by atomic mass is 10.4. The molecule has 0 aliphatic rings. The lowest BCUT2D eigenvalue weighted by molar-refractivity contribution is -0.150. The summed E-state index contributed by atoms with van der Waals surface area (Å²) >= 11 is 0. The van der Waals surface area contributed by atoms with Crippen molar-refractivity contribution in [3.05, 3.63) is 12.3 Å². The van der Waals surface area contributed by atoms with Crippen LogP contribution in [0, 0.1) is 0 Å². The molecule has 0 rings (SSSR count). The summed E-state index contributed by atoms with van der Waals surface area (Å²) in [5.74, 6) is -1.17. The molecule has 1 atom stereocenters. The fraction of sp³-hybridized carbons (Fsp3) is 0.500. The Bertz CT molecular complexity index is 226. The van der Waals surface area contributed by atoms with Gasteiger partial charge in [-0.2, -0.15) is 0 Å². The highest BCUT2D eigenvalue weighted by atomic mass is 16.6. The molecule has 0 heterocycles. The number of hydrogen-bond acceptors (Lipinski definition) is 6. The number of rotatable bonds is 5. The van der Waals surface area contributed by atoms with Crippen molar-refractivity contribution in [1.82, 2.24) is 0 Å². The Labute approximate surface area is 81.6 Å². The Hall–Kier alpha value is -1.56. The maximum absolute atomic E-state index is 10.9. The van der Waals surface area contributed by atoms with Crippen LogP contribution in [0.5, 0.6) is 0 Å². The second kappa shape index (κ2) is 6.90. The SMILES string of the molecule is COC(=O)/C=C/O[C@@H](CN)C(=O)OC. The minimum Gasteiger partial charge on any atom is -0.485 e. The molecule has 6 nitrogen and oxygen atoms in total. The third kappa shape index (κ3) is 4.46. The van der Waals surface area contributed by atoms with Crippen LogP contribution in [-0.4, -0.2) is 38.8 Å². The first kappa shape index (κ1) is 12.4. The van der Waals surface area contributed by atoms with E-state index in [1.165, 1.54) is 14.2 Å². The summed E-state index contributed by atoms with van der Waals surface area (Å²) in [7, 11) is 2.45. The Morgan fingerprint density at radius 1 is 1.36 bits per heavy atom. The Morgan fingerprint density at radius 2 is 2.00 bits per heavy atom. The van der Waals surface area contributed by atoms with E-state index in [2.05, 4.69) is 9.47 Å². The van der Waals surface area contributed by atoms with Crippen LogP contribution in [0.3, 0.4) is 0 Å². The molecule has 80 valence electrons. The van der Waals surface area contributed by atoms with Crippen molar-refractivity contribution >= 4 is 11.9 Å². The van der Waals surface area contributed by atoms with E-state index in [9.17, 15) is 9.59 Å². The zero-order chi connectivity index (χ0) is 11.0. The second-order valence-electron chi connectivity index (χ2n) is 2.21. The van der Waals surface area contributed by atoms with Gasteiger partial charge in [0.25, 0.3) is 0 Å². The van der Waals surface area contributed by atoms with E-state index < -0.39 is 18.0 Å². The van der Waals surface area contributed by atoms with Crippen molar-refractivity contribution in [1.29, 1.82) is 0 Å². The molecular formula is C8H13NO5. The van der Waals surface area contributed by atoms with E-state index >= 15 is 0 Å². The Morgan fingerprint density at radius 3 is 2.43 bits per heavy atom. The molecule has 0 unspecified atom stereocenters. The van der Waals surface area contributed by atoms with Crippen LogP contribution < -0.4 is 5.73 Å². The molecule has 0 aliphatic heterocycles. The number of carbonyl (C=O) groups is 2. The van der Waals surface area contributed by atoms with E-state index in [-0.39, 0.29) is 6.54 Å². The zero-order valence-electron chi connectivity index (χ0n) is 8.06. The number of carbonyl (C=O) groups excluding carboxylic acids is 2.